The zero-order chi connectivity index (χ0) is 20.9. The molecular formula is C24H30O4Si. The smallest absolute Gasteiger partial charge is 0.303 e. The Kier molecular flexibility index (Phi) is 6.73. The van der Waals surface area contributed by atoms with Crippen LogP contribution in [0.3, 0.4) is 0 Å². The fourth-order valence-electron chi connectivity index (χ4n) is 4.01. The summed E-state index contributed by atoms with van der Waals surface area (Å²) in [5.41, 5.74) is 0. The van der Waals surface area contributed by atoms with Gasteiger partial charge in [0.05, 0.1) is 13.2 Å². The third kappa shape index (κ3) is 4.69. The van der Waals surface area contributed by atoms with E-state index in [2.05, 4.69) is 69.3 Å². The second-order valence-corrected chi connectivity index (χ2v) is 12.7. The molecule has 0 saturated carbocycles. The number of rotatable bonds is 6. The molecule has 1 aliphatic rings. The van der Waals surface area contributed by atoms with E-state index in [0.717, 1.165) is 0 Å². The van der Waals surface area contributed by atoms with Crippen molar-refractivity contribution in [1.82, 2.24) is 0 Å². The SMILES string of the molecule is CC(=O)O[C@H]1C=CCO[C@H]1CO[Si](c1ccccc1)(c1ccccc1)C(C)(C)C. The summed E-state index contributed by atoms with van der Waals surface area (Å²) in [5.74, 6) is -0.319. The maximum atomic E-state index is 11.5. The number of carbonyl (C=O) groups excluding carboxylic acids is 1. The van der Waals surface area contributed by atoms with Gasteiger partial charge in [-0.05, 0) is 21.5 Å². The molecule has 3 rings (SSSR count). The van der Waals surface area contributed by atoms with E-state index >= 15 is 0 Å². The fourth-order valence-corrected chi connectivity index (χ4v) is 8.58. The molecule has 1 heterocycles. The summed E-state index contributed by atoms with van der Waals surface area (Å²) in [6.07, 6.45) is 3.02. The molecule has 0 fully saturated rings. The Morgan fingerprint density at radius 1 is 1.03 bits per heavy atom. The molecule has 0 radical (unpaired) electrons. The molecule has 2 aromatic carbocycles. The van der Waals surface area contributed by atoms with Crippen LogP contribution in [-0.2, 0) is 18.7 Å². The zero-order valence-corrected chi connectivity index (χ0v) is 18.6. The van der Waals surface area contributed by atoms with E-state index in [9.17, 15) is 4.79 Å². The van der Waals surface area contributed by atoms with Gasteiger partial charge in [0.1, 0.15) is 12.2 Å². The van der Waals surface area contributed by atoms with Crippen LogP contribution in [-0.4, -0.2) is 39.7 Å². The second-order valence-electron chi connectivity index (χ2n) is 8.35. The fraction of sp³-hybridized carbons (Fsp3) is 0.375. The standard InChI is InChI=1S/C24H30O4Si/c1-19(25)28-22-16-11-17-26-23(22)18-27-29(24(2,3)4,20-12-7-5-8-13-20)21-14-9-6-10-15-21/h5-16,22-23H,17-18H2,1-4H3/t22-,23-/m0/s1. The molecule has 0 unspecified atom stereocenters. The molecule has 4 nitrogen and oxygen atoms in total. The molecule has 2 aromatic rings. The van der Waals surface area contributed by atoms with Gasteiger partial charge in [-0.15, -0.1) is 0 Å². The lowest BCUT2D eigenvalue weighted by Gasteiger charge is -2.44. The Bertz CT molecular complexity index is 787. The van der Waals surface area contributed by atoms with Crippen molar-refractivity contribution < 1.29 is 18.7 Å². The lowest BCUT2D eigenvalue weighted by molar-refractivity contribution is -0.153. The molecule has 2 atom stereocenters. The van der Waals surface area contributed by atoms with Crippen molar-refractivity contribution in [2.24, 2.45) is 0 Å². The predicted octanol–water partition coefficient (Wildman–Crippen LogP) is 3.45. The molecule has 0 amide bonds. The van der Waals surface area contributed by atoms with E-state index < -0.39 is 14.4 Å². The minimum absolute atomic E-state index is 0.114. The number of hydrogen-bond acceptors (Lipinski definition) is 4. The highest BCUT2D eigenvalue weighted by molar-refractivity contribution is 6.99. The molecule has 0 saturated heterocycles. The number of carbonyl (C=O) groups is 1. The van der Waals surface area contributed by atoms with E-state index in [-0.39, 0.29) is 17.1 Å². The highest BCUT2D eigenvalue weighted by atomic mass is 28.4. The van der Waals surface area contributed by atoms with E-state index in [1.807, 2.05) is 24.3 Å². The minimum Gasteiger partial charge on any atom is -0.455 e. The summed E-state index contributed by atoms with van der Waals surface area (Å²) in [6, 6.07) is 21.0. The highest BCUT2D eigenvalue weighted by Gasteiger charge is 2.50. The molecule has 0 N–H and O–H groups in total. The maximum absolute atomic E-state index is 11.5. The highest BCUT2D eigenvalue weighted by Crippen LogP contribution is 2.37. The third-order valence-corrected chi connectivity index (χ3v) is 10.3. The van der Waals surface area contributed by atoms with Crippen LogP contribution in [0.25, 0.3) is 0 Å². The first kappa shape index (κ1) is 21.5. The van der Waals surface area contributed by atoms with Crippen LogP contribution in [0.1, 0.15) is 27.7 Å². The van der Waals surface area contributed by atoms with Gasteiger partial charge in [0.2, 0.25) is 0 Å². The molecule has 0 spiro atoms. The average Bonchev–Trinajstić information content (AvgIpc) is 2.70. The van der Waals surface area contributed by atoms with Crippen LogP contribution in [0.4, 0.5) is 0 Å². The molecule has 1 aliphatic heterocycles. The number of ether oxygens (including phenoxy) is 2. The molecule has 0 bridgehead atoms. The number of benzene rings is 2. The summed E-state index contributed by atoms with van der Waals surface area (Å²) < 4.78 is 18.3. The van der Waals surface area contributed by atoms with Crippen molar-refractivity contribution in [3.63, 3.8) is 0 Å². The monoisotopic (exact) mass is 410 g/mol. The molecule has 29 heavy (non-hydrogen) atoms. The summed E-state index contributed by atoms with van der Waals surface area (Å²) in [7, 11) is -2.65. The Labute approximate surface area is 174 Å². The van der Waals surface area contributed by atoms with E-state index in [1.165, 1.54) is 17.3 Å². The van der Waals surface area contributed by atoms with Gasteiger partial charge in [-0.1, -0.05) is 87.5 Å². The van der Waals surface area contributed by atoms with Gasteiger partial charge >= 0.3 is 5.97 Å². The van der Waals surface area contributed by atoms with Gasteiger partial charge in [-0.3, -0.25) is 4.79 Å². The summed E-state index contributed by atoms with van der Waals surface area (Å²) in [6.45, 7) is 8.99. The average molecular weight is 411 g/mol. The Morgan fingerprint density at radius 3 is 2.07 bits per heavy atom. The van der Waals surface area contributed by atoms with Crippen molar-refractivity contribution in [2.45, 2.75) is 44.9 Å². The molecule has 0 aliphatic carbocycles. The van der Waals surface area contributed by atoms with Gasteiger partial charge in [0, 0.05) is 6.92 Å². The first-order chi connectivity index (χ1) is 13.8. The van der Waals surface area contributed by atoms with Gasteiger partial charge in [-0.2, -0.15) is 0 Å². The maximum Gasteiger partial charge on any atom is 0.303 e. The first-order valence-corrected chi connectivity index (χ1v) is 12.0. The summed E-state index contributed by atoms with van der Waals surface area (Å²) in [4.78, 5) is 11.5. The summed E-state index contributed by atoms with van der Waals surface area (Å²) >= 11 is 0. The number of hydrogen-bond donors (Lipinski definition) is 0. The largest absolute Gasteiger partial charge is 0.455 e. The van der Waals surface area contributed by atoms with Gasteiger partial charge in [-0.25, -0.2) is 0 Å². The van der Waals surface area contributed by atoms with Gasteiger partial charge in [0.25, 0.3) is 8.32 Å². The van der Waals surface area contributed by atoms with Crippen LogP contribution in [0, 0.1) is 0 Å². The van der Waals surface area contributed by atoms with Crippen LogP contribution < -0.4 is 10.4 Å². The predicted molar refractivity (Wildman–Crippen MR) is 118 cm³/mol. The summed E-state index contributed by atoms with van der Waals surface area (Å²) in [5, 5.41) is 2.32. The van der Waals surface area contributed by atoms with Crippen molar-refractivity contribution in [3.8, 4) is 0 Å². The lowest BCUT2D eigenvalue weighted by Crippen LogP contribution is -2.67. The van der Waals surface area contributed by atoms with E-state index in [0.29, 0.717) is 13.2 Å². The molecule has 0 aromatic heterocycles. The van der Waals surface area contributed by atoms with Gasteiger partial charge in [0.15, 0.2) is 0 Å². The lowest BCUT2D eigenvalue weighted by atomic mass is 10.1. The Hall–Kier alpha value is -2.21. The number of esters is 1. The minimum atomic E-state index is -2.65. The second kappa shape index (κ2) is 9.07. The molecule has 154 valence electrons. The van der Waals surface area contributed by atoms with Crippen molar-refractivity contribution in [1.29, 1.82) is 0 Å². The van der Waals surface area contributed by atoms with Crippen molar-refractivity contribution in [2.75, 3.05) is 13.2 Å². The Morgan fingerprint density at radius 2 is 1.59 bits per heavy atom. The topological polar surface area (TPSA) is 44.8 Å². The van der Waals surface area contributed by atoms with Crippen LogP contribution in [0.2, 0.25) is 5.04 Å². The van der Waals surface area contributed by atoms with Crippen molar-refractivity contribution in [3.05, 3.63) is 72.8 Å². The Balaban J connectivity index is 2.00. The third-order valence-electron chi connectivity index (χ3n) is 5.28. The molecule has 5 heteroatoms. The zero-order valence-electron chi connectivity index (χ0n) is 17.6. The normalized spacial score (nSPS) is 19.7. The van der Waals surface area contributed by atoms with Crippen molar-refractivity contribution >= 4 is 24.7 Å². The van der Waals surface area contributed by atoms with Crippen LogP contribution in [0.15, 0.2) is 72.8 Å². The first-order valence-electron chi connectivity index (χ1n) is 10.0. The van der Waals surface area contributed by atoms with E-state index in [4.69, 9.17) is 13.9 Å². The van der Waals surface area contributed by atoms with Crippen LogP contribution in [0.5, 0.6) is 0 Å². The van der Waals surface area contributed by atoms with Gasteiger partial charge < -0.3 is 13.9 Å². The van der Waals surface area contributed by atoms with E-state index in [1.54, 1.807) is 0 Å². The quantitative estimate of drug-likeness (QED) is 0.416. The van der Waals surface area contributed by atoms with Crippen LogP contribution >= 0.6 is 0 Å². The molecular weight excluding hydrogens is 380 g/mol.